The van der Waals surface area contributed by atoms with Crippen molar-refractivity contribution in [2.75, 3.05) is 18.0 Å². The van der Waals surface area contributed by atoms with Gasteiger partial charge in [0, 0.05) is 35.0 Å². The average Bonchev–Trinajstić information content (AvgIpc) is 1.44. The lowest BCUT2D eigenvalue weighted by molar-refractivity contribution is 0.0309. The molecule has 88 heavy (non-hydrogen) atoms. The first kappa shape index (κ1) is 45.9. The van der Waals surface area contributed by atoms with Gasteiger partial charge in [0.1, 0.15) is 0 Å². The van der Waals surface area contributed by atoms with E-state index in [9.17, 15) is 0 Å². The first-order valence-corrected chi connectivity index (χ1v) is 35.0. The summed E-state index contributed by atoms with van der Waals surface area (Å²) in [4.78, 5) is 2.99. The standard InChI is InChI=1S/C87H71N/c1-85(2)57-10-8-7-9-41(57)42-16-11-36(29-58(42)85)37-12-17-43-44-18-13-38(31-60(44)86(3,4)59(43)30-37)39-14-19-45-46-20-15-40(33-62(46)87(5,6)61(45)32-39)88-34-55-56(35-88)64-54-28-26-52-50-24-22-48-47-21-23-49-51-25-27-53-63(55)73-74(64)79-72(54)70(52)77-68(50)66(48)75-65(47)67(49)76-69(51)71(53)78(73)83-81(76)80(75)82(77)84(79)83/h7-33,47-56,63-74H,34-35H2,1-6H3. The molecule has 8 fully saturated rings. The molecule has 0 N–H and O–H groups in total. The fourth-order valence-corrected chi connectivity index (χ4v) is 28.7. The van der Waals surface area contributed by atoms with Gasteiger partial charge in [-0.25, -0.2) is 0 Å². The zero-order valence-electron chi connectivity index (χ0n) is 51.2. The van der Waals surface area contributed by atoms with Crippen molar-refractivity contribution in [3.8, 4) is 55.6 Å². The number of benzene rings is 6. The minimum atomic E-state index is -0.128. The monoisotopic (exact) mass is 1130 g/mol. The van der Waals surface area contributed by atoms with E-state index >= 15 is 0 Å². The molecular formula is C87H71N. The second kappa shape index (κ2) is 13.7. The van der Waals surface area contributed by atoms with Gasteiger partial charge in [0.05, 0.1) is 0 Å². The van der Waals surface area contributed by atoms with Crippen LogP contribution in [0, 0.1) is 130 Å². The van der Waals surface area contributed by atoms with Gasteiger partial charge < -0.3 is 4.90 Å². The number of nitrogens with zero attached hydrogens (tertiary/aromatic N) is 1. The van der Waals surface area contributed by atoms with Crippen molar-refractivity contribution >= 4 is 5.69 Å². The van der Waals surface area contributed by atoms with E-state index in [4.69, 9.17) is 0 Å². The maximum atomic E-state index is 2.99. The molecule has 0 amide bonds. The number of anilines is 1. The maximum Gasteiger partial charge on any atom is 0.0369 e. The molecular weight excluding hydrogens is 1060 g/mol. The molecule has 1 nitrogen and oxygen atoms in total. The van der Waals surface area contributed by atoms with Gasteiger partial charge in [-0.1, -0.05) is 197 Å². The lowest BCUT2D eigenvalue weighted by Crippen LogP contribution is -2.46. The SMILES string of the molecule is CC1(C)c2ccccc2-c2ccc(-c3ccc4c(c3)C(C)(C)c3cc(-c5ccc6c(c5)C(C)(C)c5cc(N7CC8C(C7)C7C9C=CC%10C%11C=CC%12C%13C=CC%14C%15C=CC%16C%17C%18=C%19C%20=C(C%14C%13C%13=C%20C%14=C(C%11C%13%12)C%10C9C(=C%14%19)C7C%18C%168)C%15%17)ccc5-6)ccc3-4)cc21. The van der Waals surface area contributed by atoms with Crippen LogP contribution in [-0.2, 0) is 16.2 Å². The fourth-order valence-electron chi connectivity index (χ4n) is 28.7. The van der Waals surface area contributed by atoms with Gasteiger partial charge in [0.15, 0.2) is 0 Å². The van der Waals surface area contributed by atoms with Crippen molar-refractivity contribution in [3.63, 3.8) is 0 Å². The molecule has 1 heteroatoms. The predicted molar refractivity (Wildman–Crippen MR) is 351 cm³/mol. The van der Waals surface area contributed by atoms with E-state index in [1.165, 1.54) is 108 Å². The van der Waals surface area contributed by atoms with E-state index in [0.29, 0.717) is 47.3 Å². The van der Waals surface area contributed by atoms with Gasteiger partial charge >= 0.3 is 0 Å². The summed E-state index contributed by atoms with van der Waals surface area (Å²) >= 11 is 0. The molecule has 1 heterocycles. The molecule has 0 bridgehead atoms. The van der Waals surface area contributed by atoms with Crippen LogP contribution in [0.2, 0.25) is 0 Å². The fraction of sp³-hybridized carbons (Fsp3) is 0.379. The molecule has 7 saturated carbocycles. The Balaban J connectivity index is 0.556. The Morgan fingerprint density at radius 3 is 0.943 bits per heavy atom. The summed E-state index contributed by atoms with van der Waals surface area (Å²) in [5.74, 6) is 15.9. The average molecular weight is 1130 g/mol. The Morgan fingerprint density at radius 2 is 0.568 bits per heavy atom. The van der Waals surface area contributed by atoms with Gasteiger partial charge in [0.25, 0.3) is 0 Å². The Kier molecular flexibility index (Phi) is 7.18. The molecule has 0 radical (unpaired) electrons. The highest BCUT2D eigenvalue weighted by molar-refractivity contribution is 5.93. The third-order valence-corrected chi connectivity index (χ3v) is 31.2. The van der Waals surface area contributed by atoms with Crippen molar-refractivity contribution in [1.29, 1.82) is 0 Å². The number of hydrogen-bond donors (Lipinski definition) is 0. The molecule has 19 aliphatic carbocycles. The molecule has 1 aliphatic heterocycles. The Labute approximate surface area is 517 Å². The molecule has 0 aromatic heterocycles. The van der Waals surface area contributed by atoms with E-state index in [2.05, 4.69) is 221 Å². The van der Waals surface area contributed by atoms with Crippen LogP contribution in [0.4, 0.5) is 5.69 Å². The first-order valence-electron chi connectivity index (χ1n) is 35.0. The maximum absolute atomic E-state index is 2.99. The molecule has 0 spiro atoms. The van der Waals surface area contributed by atoms with Crippen molar-refractivity contribution < 1.29 is 0 Å². The van der Waals surface area contributed by atoms with Crippen LogP contribution < -0.4 is 4.90 Å². The minimum absolute atomic E-state index is 0.0202. The third-order valence-electron chi connectivity index (χ3n) is 31.2. The van der Waals surface area contributed by atoms with E-state index in [1.54, 1.807) is 0 Å². The molecule has 1 saturated heterocycles. The summed E-state index contributed by atoms with van der Waals surface area (Å²) < 4.78 is 0. The zero-order valence-corrected chi connectivity index (χ0v) is 51.2. The largest absolute Gasteiger partial charge is 0.371 e. The van der Waals surface area contributed by atoms with E-state index < -0.39 is 0 Å². The Bertz CT molecular complexity index is 4810. The van der Waals surface area contributed by atoms with Gasteiger partial charge in [0.2, 0.25) is 0 Å². The predicted octanol–water partition coefficient (Wildman–Crippen LogP) is 18.2. The molecule has 20 aliphatic rings. The second-order valence-electron chi connectivity index (χ2n) is 34.1. The summed E-state index contributed by atoms with van der Waals surface area (Å²) in [5.41, 5.74) is 43.6. The first-order chi connectivity index (χ1) is 42.9. The number of rotatable bonds is 3. The van der Waals surface area contributed by atoms with E-state index in [-0.39, 0.29) is 16.2 Å². The molecule has 22 unspecified atom stereocenters. The van der Waals surface area contributed by atoms with Gasteiger partial charge in [-0.3, -0.25) is 0 Å². The molecule has 26 rings (SSSR count). The van der Waals surface area contributed by atoms with Crippen LogP contribution in [0.25, 0.3) is 55.6 Å². The van der Waals surface area contributed by atoms with Crippen LogP contribution >= 0.6 is 0 Å². The number of allylic oxidation sites excluding steroid dienone is 18. The van der Waals surface area contributed by atoms with E-state index in [0.717, 1.165) is 82.9 Å². The molecule has 6 aromatic carbocycles. The smallest absolute Gasteiger partial charge is 0.0369 e. The van der Waals surface area contributed by atoms with Crippen LogP contribution in [-0.4, -0.2) is 13.1 Å². The lowest BCUT2D eigenvalue weighted by Gasteiger charge is -2.49. The van der Waals surface area contributed by atoms with Crippen LogP contribution in [0.3, 0.4) is 0 Å². The molecule has 6 aromatic rings. The minimum Gasteiger partial charge on any atom is -0.371 e. The lowest BCUT2D eigenvalue weighted by atomic mass is 9.54. The highest BCUT2D eigenvalue weighted by atomic mass is 15.2. The summed E-state index contributed by atoms with van der Waals surface area (Å²) in [5, 5.41) is 0. The van der Waals surface area contributed by atoms with Crippen LogP contribution in [0.5, 0.6) is 0 Å². The van der Waals surface area contributed by atoms with Crippen LogP contribution in [0.15, 0.2) is 220 Å². The van der Waals surface area contributed by atoms with Gasteiger partial charge in [-0.2, -0.15) is 0 Å². The molecule has 22 atom stereocenters. The van der Waals surface area contributed by atoms with Gasteiger partial charge in [-0.05, 0) is 283 Å². The zero-order chi connectivity index (χ0) is 56.9. The Morgan fingerprint density at radius 1 is 0.284 bits per heavy atom. The summed E-state index contributed by atoms with van der Waals surface area (Å²) in [7, 11) is 0. The topological polar surface area (TPSA) is 3.24 Å². The number of fused-ring (bicyclic) bond motifs is 17. The van der Waals surface area contributed by atoms with Crippen molar-refractivity contribution in [3.05, 3.63) is 253 Å². The summed E-state index contributed by atoms with van der Waals surface area (Å²) in [6.45, 7) is 17.2. The van der Waals surface area contributed by atoms with Gasteiger partial charge in [-0.15, -0.1) is 0 Å². The van der Waals surface area contributed by atoms with Crippen molar-refractivity contribution in [2.45, 2.75) is 57.8 Å². The Hall–Kier alpha value is -7.22. The van der Waals surface area contributed by atoms with Crippen molar-refractivity contribution in [2.24, 2.45) is 130 Å². The molecule has 424 valence electrons. The highest BCUT2D eigenvalue weighted by Crippen LogP contribution is 2.87. The second-order valence-corrected chi connectivity index (χ2v) is 34.1. The highest BCUT2D eigenvalue weighted by Gasteiger charge is 2.79. The quantitative estimate of drug-likeness (QED) is 0.160. The van der Waals surface area contributed by atoms with Crippen molar-refractivity contribution in [1.82, 2.24) is 0 Å². The summed E-state index contributed by atoms with van der Waals surface area (Å²) in [6, 6.07) is 46.3. The normalized spacial score (nSPS) is 42.2. The third kappa shape index (κ3) is 4.41. The van der Waals surface area contributed by atoms with E-state index in [1.807, 2.05) is 44.6 Å². The van der Waals surface area contributed by atoms with Crippen LogP contribution in [0.1, 0.15) is 74.9 Å². The summed E-state index contributed by atoms with van der Waals surface area (Å²) in [6.07, 6.45) is 23.1. The number of hydrogen-bond acceptors (Lipinski definition) is 1.